The Balaban J connectivity index is 2.11. The van der Waals surface area contributed by atoms with Crippen LogP contribution in [-0.4, -0.2) is 30.5 Å². The van der Waals surface area contributed by atoms with Crippen molar-refractivity contribution in [3.8, 4) is 0 Å². The molecule has 1 rings (SSSR count). The molecule has 1 nitrogen and oxygen atoms in total. The predicted octanol–water partition coefficient (Wildman–Crippen LogP) is 2.13. The highest BCUT2D eigenvalue weighted by molar-refractivity contribution is 7.99. The third kappa shape index (κ3) is 3.27. The summed E-state index contributed by atoms with van der Waals surface area (Å²) in [5.41, 5.74) is 0. The van der Waals surface area contributed by atoms with Gasteiger partial charge in [-0.15, -0.1) is 0 Å². The van der Waals surface area contributed by atoms with Gasteiger partial charge < -0.3 is 5.32 Å². The minimum Gasteiger partial charge on any atom is -0.309 e. The van der Waals surface area contributed by atoms with E-state index in [-0.39, 0.29) is 6.54 Å². The molecule has 1 fully saturated rings. The summed E-state index contributed by atoms with van der Waals surface area (Å²) in [5, 5.41) is 3.56. The summed E-state index contributed by atoms with van der Waals surface area (Å²) >= 11 is 1.84. The summed E-state index contributed by atoms with van der Waals surface area (Å²) in [5.74, 6) is 0. The van der Waals surface area contributed by atoms with Crippen LogP contribution in [0.2, 0.25) is 0 Å². The molecule has 0 amide bonds. The Morgan fingerprint density at radius 3 is 2.75 bits per heavy atom. The third-order valence-corrected chi connectivity index (χ3v) is 3.37. The minimum atomic E-state index is -2.21. The van der Waals surface area contributed by atoms with Gasteiger partial charge in [0, 0.05) is 11.3 Å². The highest BCUT2D eigenvalue weighted by atomic mass is 32.2. The summed E-state index contributed by atoms with van der Waals surface area (Å²) in [6.07, 6.45) is 3.15. The van der Waals surface area contributed by atoms with E-state index in [4.69, 9.17) is 0 Å². The number of hydrogen-bond acceptors (Lipinski definition) is 2. The van der Waals surface area contributed by atoms with Crippen LogP contribution in [0, 0.1) is 0 Å². The Labute approximate surface area is 76.3 Å². The van der Waals surface area contributed by atoms with Crippen molar-refractivity contribution >= 4 is 11.8 Å². The van der Waals surface area contributed by atoms with Gasteiger partial charge in [0.05, 0.1) is 6.54 Å². The topological polar surface area (TPSA) is 12.0 Å². The van der Waals surface area contributed by atoms with Gasteiger partial charge in [0.15, 0.2) is 0 Å². The van der Waals surface area contributed by atoms with Crippen molar-refractivity contribution in [1.29, 1.82) is 0 Å². The van der Waals surface area contributed by atoms with Crippen LogP contribution in [0.1, 0.15) is 19.3 Å². The van der Waals surface area contributed by atoms with Crippen molar-refractivity contribution in [3.63, 3.8) is 0 Å². The van der Waals surface area contributed by atoms with E-state index in [0.29, 0.717) is 11.3 Å². The van der Waals surface area contributed by atoms with Gasteiger partial charge in [0.25, 0.3) is 6.43 Å². The fourth-order valence-electron chi connectivity index (χ4n) is 1.60. The van der Waals surface area contributed by atoms with E-state index in [1.807, 2.05) is 11.8 Å². The molecule has 1 saturated carbocycles. The fraction of sp³-hybridized carbons (Fsp3) is 1.00. The van der Waals surface area contributed by atoms with Crippen molar-refractivity contribution in [2.24, 2.45) is 0 Å². The number of nitrogens with one attached hydrogen (secondary N) is 1. The van der Waals surface area contributed by atoms with Gasteiger partial charge in [-0.2, -0.15) is 11.8 Å². The molecule has 0 saturated heterocycles. The molecule has 2 atom stereocenters. The molecule has 0 aromatic heterocycles. The van der Waals surface area contributed by atoms with Crippen LogP contribution in [0.5, 0.6) is 0 Å². The Hall–Kier alpha value is 0.170. The third-order valence-electron chi connectivity index (χ3n) is 2.28. The summed E-state index contributed by atoms with van der Waals surface area (Å²) in [7, 11) is 0. The lowest BCUT2D eigenvalue weighted by Gasteiger charge is -2.11. The van der Waals surface area contributed by atoms with Crippen molar-refractivity contribution in [3.05, 3.63) is 0 Å². The Bertz CT molecular complexity index is 132. The maximum absolute atomic E-state index is 11.8. The van der Waals surface area contributed by atoms with Crippen LogP contribution in [0.4, 0.5) is 8.78 Å². The van der Waals surface area contributed by atoms with Gasteiger partial charge in [-0.3, -0.25) is 0 Å². The average Bonchev–Trinajstić information content (AvgIpc) is 2.48. The molecule has 0 aromatic carbocycles. The van der Waals surface area contributed by atoms with Crippen molar-refractivity contribution in [1.82, 2.24) is 5.32 Å². The summed E-state index contributed by atoms with van der Waals surface area (Å²) in [6, 6.07) is 0.330. The van der Waals surface area contributed by atoms with Crippen molar-refractivity contribution in [2.45, 2.75) is 37.0 Å². The number of hydrogen-bond donors (Lipinski definition) is 1. The predicted molar refractivity (Wildman–Crippen MR) is 48.9 cm³/mol. The summed E-state index contributed by atoms with van der Waals surface area (Å²) < 4.78 is 23.6. The van der Waals surface area contributed by atoms with E-state index < -0.39 is 6.43 Å². The van der Waals surface area contributed by atoms with Crippen LogP contribution in [-0.2, 0) is 0 Å². The monoisotopic (exact) mass is 195 g/mol. The molecular weight excluding hydrogens is 180 g/mol. The van der Waals surface area contributed by atoms with E-state index in [9.17, 15) is 8.78 Å². The smallest absolute Gasteiger partial charge is 0.250 e. The van der Waals surface area contributed by atoms with Gasteiger partial charge >= 0.3 is 0 Å². The first-order valence-electron chi connectivity index (χ1n) is 4.26. The molecule has 0 aliphatic heterocycles. The zero-order valence-electron chi connectivity index (χ0n) is 7.22. The van der Waals surface area contributed by atoms with Gasteiger partial charge in [-0.05, 0) is 25.5 Å². The maximum Gasteiger partial charge on any atom is 0.250 e. The molecule has 0 spiro atoms. The molecule has 1 aliphatic carbocycles. The first-order valence-corrected chi connectivity index (χ1v) is 5.55. The van der Waals surface area contributed by atoms with Crippen molar-refractivity contribution < 1.29 is 8.78 Å². The lowest BCUT2D eigenvalue weighted by atomic mass is 10.2. The molecule has 0 heterocycles. The molecule has 4 heteroatoms. The van der Waals surface area contributed by atoms with Crippen LogP contribution in [0.3, 0.4) is 0 Å². The molecule has 0 aromatic rings. The largest absolute Gasteiger partial charge is 0.309 e. The number of halogens is 2. The highest BCUT2D eigenvalue weighted by Crippen LogP contribution is 2.27. The Morgan fingerprint density at radius 2 is 2.25 bits per heavy atom. The Kier molecular flexibility index (Phi) is 4.29. The second kappa shape index (κ2) is 5.02. The molecule has 2 unspecified atom stereocenters. The summed E-state index contributed by atoms with van der Waals surface area (Å²) in [4.78, 5) is 0. The standard InChI is InChI=1S/C8H15F2NS/c1-12-7-3-2-6(4-7)11-5-8(9)10/h6-8,11H,2-5H2,1H3. The molecule has 0 bridgehead atoms. The fourth-order valence-corrected chi connectivity index (χ4v) is 2.39. The SMILES string of the molecule is CSC1CCC(NCC(F)F)C1. The lowest BCUT2D eigenvalue weighted by molar-refractivity contribution is 0.141. The number of rotatable bonds is 4. The van der Waals surface area contributed by atoms with Gasteiger partial charge in [0.2, 0.25) is 0 Å². The molecular formula is C8H15F2NS. The van der Waals surface area contributed by atoms with Gasteiger partial charge in [0.1, 0.15) is 0 Å². The molecule has 1 aliphatic rings. The van der Waals surface area contributed by atoms with Gasteiger partial charge in [-0.1, -0.05) is 0 Å². The highest BCUT2D eigenvalue weighted by Gasteiger charge is 2.23. The normalized spacial score (nSPS) is 30.0. The van der Waals surface area contributed by atoms with Gasteiger partial charge in [-0.25, -0.2) is 8.78 Å². The molecule has 12 heavy (non-hydrogen) atoms. The minimum absolute atomic E-state index is 0.147. The zero-order chi connectivity index (χ0) is 8.97. The van der Waals surface area contributed by atoms with E-state index in [2.05, 4.69) is 11.6 Å². The van der Waals surface area contributed by atoms with E-state index in [1.165, 1.54) is 6.42 Å². The first-order chi connectivity index (χ1) is 5.72. The first kappa shape index (κ1) is 10.3. The van der Waals surface area contributed by atoms with Crippen LogP contribution >= 0.6 is 11.8 Å². The number of thioether (sulfide) groups is 1. The Morgan fingerprint density at radius 1 is 1.50 bits per heavy atom. The molecule has 1 N–H and O–H groups in total. The van der Waals surface area contributed by atoms with E-state index in [1.54, 1.807) is 0 Å². The quantitative estimate of drug-likeness (QED) is 0.737. The molecule has 0 radical (unpaired) electrons. The van der Waals surface area contributed by atoms with Crippen LogP contribution < -0.4 is 5.32 Å². The van der Waals surface area contributed by atoms with Crippen LogP contribution in [0.25, 0.3) is 0 Å². The maximum atomic E-state index is 11.8. The zero-order valence-corrected chi connectivity index (χ0v) is 8.04. The van der Waals surface area contributed by atoms with E-state index in [0.717, 1.165) is 12.8 Å². The second-order valence-electron chi connectivity index (χ2n) is 3.17. The average molecular weight is 195 g/mol. The summed E-state index contributed by atoms with van der Waals surface area (Å²) in [6.45, 7) is -0.147. The lowest BCUT2D eigenvalue weighted by Crippen LogP contribution is -2.31. The number of alkyl halides is 2. The second-order valence-corrected chi connectivity index (χ2v) is 4.31. The molecule has 72 valence electrons. The van der Waals surface area contributed by atoms with Crippen molar-refractivity contribution in [2.75, 3.05) is 12.8 Å². The van der Waals surface area contributed by atoms with Crippen LogP contribution in [0.15, 0.2) is 0 Å². The van der Waals surface area contributed by atoms with E-state index >= 15 is 0 Å².